The van der Waals surface area contributed by atoms with E-state index in [2.05, 4.69) is 0 Å². The van der Waals surface area contributed by atoms with Crippen molar-refractivity contribution in [3.63, 3.8) is 0 Å². The molecule has 108 valence electrons. The normalized spacial score (nSPS) is 24.8. The van der Waals surface area contributed by atoms with Crippen LogP contribution in [0.2, 0.25) is 0 Å². The molecular formula is C18H18O3. The highest BCUT2D eigenvalue weighted by atomic mass is 16.8. The summed E-state index contributed by atoms with van der Waals surface area (Å²) < 4.78 is 11.4. The SMILES string of the molecule is C[C@]1(Cc2ccccc2)OC(=O)[C@@H](Cc2ccccc2)O1. The minimum atomic E-state index is -0.877. The predicted molar refractivity (Wildman–Crippen MR) is 79.7 cm³/mol. The number of ether oxygens (including phenoxy) is 2. The quantitative estimate of drug-likeness (QED) is 0.808. The number of cyclic esters (lactones) is 1. The van der Waals surface area contributed by atoms with Crippen molar-refractivity contribution in [2.45, 2.75) is 31.7 Å². The fourth-order valence-corrected chi connectivity index (χ4v) is 2.65. The molecule has 1 aliphatic heterocycles. The number of carbonyl (C=O) groups excluding carboxylic acids is 1. The van der Waals surface area contributed by atoms with Gasteiger partial charge >= 0.3 is 5.97 Å². The second-order valence-corrected chi connectivity index (χ2v) is 5.51. The van der Waals surface area contributed by atoms with Crippen molar-refractivity contribution in [1.29, 1.82) is 0 Å². The van der Waals surface area contributed by atoms with E-state index >= 15 is 0 Å². The van der Waals surface area contributed by atoms with Gasteiger partial charge in [-0.15, -0.1) is 0 Å². The number of hydrogen-bond donors (Lipinski definition) is 0. The average molecular weight is 282 g/mol. The largest absolute Gasteiger partial charge is 0.431 e. The highest BCUT2D eigenvalue weighted by molar-refractivity contribution is 5.77. The van der Waals surface area contributed by atoms with Crippen molar-refractivity contribution in [3.8, 4) is 0 Å². The van der Waals surface area contributed by atoms with Crippen LogP contribution >= 0.6 is 0 Å². The summed E-state index contributed by atoms with van der Waals surface area (Å²) in [7, 11) is 0. The van der Waals surface area contributed by atoms with Gasteiger partial charge in [-0.3, -0.25) is 0 Å². The molecule has 2 aromatic carbocycles. The number of benzene rings is 2. The lowest BCUT2D eigenvalue weighted by atomic mass is 10.1. The smallest absolute Gasteiger partial charge is 0.338 e. The first-order chi connectivity index (χ1) is 10.1. The van der Waals surface area contributed by atoms with Crippen molar-refractivity contribution in [3.05, 3.63) is 71.8 Å². The summed E-state index contributed by atoms with van der Waals surface area (Å²) in [6, 6.07) is 19.8. The van der Waals surface area contributed by atoms with Gasteiger partial charge in [-0.05, 0) is 11.1 Å². The van der Waals surface area contributed by atoms with E-state index < -0.39 is 11.9 Å². The van der Waals surface area contributed by atoms with Gasteiger partial charge in [0, 0.05) is 19.8 Å². The van der Waals surface area contributed by atoms with Gasteiger partial charge in [-0.1, -0.05) is 60.7 Å². The van der Waals surface area contributed by atoms with Gasteiger partial charge in [0.2, 0.25) is 5.79 Å². The Balaban J connectivity index is 1.69. The molecule has 2 aromatic rings. The molecule has 0 bridgehead atoms. The highest BCUT2D eigenvalue weighted by Gasteiger charge is 2.44. The Bertz CT molecular complexity index is 609. The van der Waals surface area contributed by atoms with E-state index in [-0.39, 0.29) is 5.97 Å². The lowest BCUT2D eigenvalue weighted by Gasteiger charge is -2.22. The van der Waals surface area contributed by atoms with Gasteiger partial charge in [0.15, 0.2) is 6.10 Å². The Kier molecular flexibility index (Phi) is 3.76. The zero-order valence-corrected chi connectivity index (χ0v) is 12.0. The fraction of sp³-hybridized carbons (Fsp3) is 0.278. The summed E-state index contributed by atoms with van der Waals surface area (Å²) in [5, 5.41) is 0. The van der Waals surface area contributed by atoms with Crippen LogP contribution in [0.1, 0.15) is 18.1 Å². The number of rotatable bonds is 4. The minimum absolute atomic E-state index is 0.280. The molecule has 0 amide bonds. The molecule has 0 saturated carbocycles. The van der Waals surface area contributed by atoms with Crippen LogP contribution in [0.5, 0.6) is 0 Å². The molecule has 0 aliphatic carbocycles. The topological polar surface area (TPSA) is 35.5 Å². The van der Waals surface area contributed by atoms with E-state index in [1.54, 1.807) is 0 Å². The first kappa shape index (κ1) is 13.8. The van der Waals surface area contributed by atoms with Crippen LogP contribution in [0.15, 0.2) is 60.7 Å². The lowest BCUT2D eigenvalue weighted by Crippen LogP contribution is -2.30. The predicted octanol–water partition coefficient (Wildman–Crippen LogP) is 3.13. The van der Waals surface area contributed by atoms with E-state index in [4.69, 9.17) is 9.47 Å². The lowest BCUT2D eigenvalue weighted by molar-refractivity contribution is -0.167. The number of carbonyl (C=O) groups is 1. The van der Waals surface area contributed by atoms with Gasteiger partial charge in [-0.25, -0.2) is 4.79 Å². The molecule has 3 rings (SSSR count). The number of esters is 1. The maximum atomic E-state index is 12.0. The zero-order chi connectivity index (χ0) is 14.7. The fourth-order valence-electron chi connectivity index (χ4n) is 2.65. The Morgan fingerprint density at radius 2 is 1.52 bits per heavy atom. The molecular weight excluding hydrogens is 264 g/mol. The van der Waals surface area contributed by atoms with Crippen molar-refractivity contribution >= 4 is 5.97 Å². The Hall–Kier alpha value is -2.13. The molecule has 0 radical (unpaired) electrons. The Morgan fingerprint density at radius 3 is 2.14 bits per heavy atom. The van der Waals surface area contributed by atoms with Gasteiger partial charge in [-0.2, -0.15) is 0 Å². The molecule has 1 fully saturated rings. The van der Waals surface area contributed by atoms with Crippen molar-refractivity contribution in [2.75, 3.05) is 0 Å². The third kappa shape index (κ3) is 3.31. The summed E-state index contributed by atoms with van der Waals surface area (Å²) in [5.74, 6) is -1.16. The van der Waals surface area contributed by atoms with Crippen molar-refractivity contribution in [2.24, 2.45) is 0 Å². The third-order valence-corrected chi connectivity index (χ3v) is 3.60. The molecule has 0 N–H and O–H groups in total. The second kappa shape index (κ2) is 5.70. The molecule has 0 aromatic heterocycles. The number of hydrogen-bond acceptors (Lipinski definition) is 3. The summed E-state index contributed by atoms with van der Waals surface area (Å²) in [6.07, 6.45) is 0.579. The van der Waals surface area contributed by atoms with Crippen LogP contribution in [-0.4, -0.2) is 17.9 Å². The van der Waals surface area contributed by atoms with Crippen LogP contribution in [0.25, 0.3) is 0 Å². The first-order valence-electron chi connectivity index (χ1n) is 7.13. The van der Waals surface area contributed by atoms with E-state index in [0.29, 0.717) is 12.8 Å². The van der Waals surface area contributed by atoms with Crippen LogP contribution in [-0.2, 0) is 27.1 Å². The third-order valence-electron chi connectivity index (χ3n) is 3.60. The molecule has 1 aliphatic rings. The standard InChI is InChI=1S/C18H18O3/c1-18(13-15-10-6-3-7-11-15)20-16(17(19)21-18)12-14-8-4-2-5-9-14/h2-11,16H,12-13H2,1H3/t16-,18-/m1/s1. The van der Waals surface area contributed by atoms with Gasteiger partial charge in [0.05, 0.1) is 0 Å². The summed E-state index contributed by atoms with van der Waals surface area (Å²) in [4.78, 5) is 12.0. The molecule has 3 heteroatoms. The molecule has 2 atom stereocenters. The molecule has 21 heavy (non-hydrogen) atoms. The van der Waals surface area contributed by atoms with Gasteiger partial charge < -0.3 is 9.47 Å². The molecule has 0 unspecified atom stereocenters. The van der Waals surface area contributed by atoms with E-state index in [1.165, 1.54) is 0 Å². The maximum Gasteiger partial charge on any atom is 0.338 e. The Labute approximate surface area is 124 Å². The zero-order valence-electron chi connectivity index (χ0n) is 12.0. The first-order valence-corrected chi connectivity index (χ1v) is 7.13. The van der Waals surface area contributed by atoms with Crippen LogP contribution < -0.4 is 0 Å². The molecule has 1 heterocycles. The van der Waals surface area contributed by atoms with Gasteiger partial charge in [0.1, 0.15) is 0 Å². The molecule has 3 nitrogen and oxygen atoms in total. The minimum Gasteiger partial charge on any atom is -0.431 e. The highest BCUT2D eigenvalue weighted by Crippen LogP contribution is 2.29. The maximum absolute atomic E-state index is 12.0. The van der Waals surface area contributed by atoms with Crippen molar-refractivity contribution < 1.29 is 14.3 Å². The van der Waals surface area contributed by atoms with Crippen LogP contribution in [0, 0.1) is 0 Å². The molecule has 0 spiro atoms. The van der Waals surface area contributed by atoms with Crippen LogP contribution in [0.4, 0.5) is 0 Å². The average Bonchev–Trinajstić information content (AvgIpc) is 2.75. The van der Waals surface area contributed by atoms with E-state index in [9.17, 15) is 4.79 Å². The summed E-state index contributed by atoms with van der Waals surface area (Å²) in [6.45, 7) is 1.82. The second-order valence-electron chi connectivity index (χ2n) is 5.51. The van der Waals surface area contributed by atoms with Gasteiger partial charge in [0.25, 0.3) is 0 Å². The summed E-state index contributed by atoms with van der Waals surface area (Å²) >= 11 is 0. The Morgan fingerprint density at radius 1 is 0.952 bits per heavy atom. The monoisotopic (exact) mass is 282 g/mol. The summed E-state index contributed by atoms with van der Waals surface area (Å²) in [5.41, 5.74) is 2.16. The van der Waals surface area contributed by atoms with E-state index in [0.717, 1.165) is 11.1 Å². The van der Waals surface area contributed by atoms with Crippen LogP contribution in [0.3, 0.4) is 0 Å². The van der Waals surface area contributed by atoms with E-state index in [1.807, 2.05) is 67.6 Å². The van der Waals surface area contributed by atoms with Crippen molar-refractivity contribution in [1.82, 2.24) is 0 Å². The molecule has 1 saturated heterocycles.